The molecule has 0 fully saturated rings. The number of hydrogen-bond acceptors (Lipinski definition) is 5. The Bertz CT molecular complexity index is 803. The fourth-order valence-corrected chi connectivity index (χ4v) is 4.09. The number of ether oxygens (including phenoxy) is 2. The molecule has 0 aliphatic carbocycles. The molecule has 0 aromatic rings. The number of aliphatic hydroxyl groups excluding tert-OH is 1. The summed E-state index contributed by atoms with van der Waals surface area (Å²) in [6.45, 7) is 3.88. The van der Waals surface area contributed by atoms with Gasteiger partial charge in [-0.15, -0.1) is 0 Å². The predicted octanol–water partition coefficient (Wildman–Crippen LogP) is 9.83. The molecule has 0 amide bonds. The van der Waals surface area contributed by atoms with Gasteiger partial charge in [-0.2, -0.15) is 0 Å². The Hall–Kier alpha value is -2.66. The Morgan fingerprint density at radius 2 is 1.17 bits per heavy atom. The zero-order chi connectivity index (χ0) is 30.8. The van der Waals surface area contributed by atoms with Gasteiger partial charge in [0.05, 0.1) is 6.61 Å². The summed E-state index contributed by atoms with van der Waals surface area (Å²) in [5, 5.41) is 9.49. The minimum atomic E-state index is -0.807. The van der Waals surface area contributed by atoms with Gasteiger partial charge in [0.15, 0.2) is 6.10 Å². The van der Waals surface area contributed by atoms with Gasteiger partial charge < -0.3 is 14.6 Å². The van der Waals surface area contributed by atoms with E-state index in [1.807, 2.05) is 30.4 Å². The monoisotopic (exact) mass is 584 g/mol. The predicted molar refractivity (Wildman–Crippen MR) is 177 cm³/mol. The summed E-state index contributed by atoms with van der Waals surface area (Å²) in [7, 11) is 0. The van der Waals surface area contributed by atoms with Crippen LogP contribution in [-0.2, 0) is 19.1 Å². The summed E-state index contributed by atoms with van der Waals surface area (Å²) in [5.74, 6) is -0.707. The number of aliphatic hydroxyl groups is 1. The van der Waals surface area contributed by atoms with E-state index in [2.05, 4.69) is 56.4 Å². The molecule has 5 heteroatoms. The second-order valence-electron chi connectivity index (χ2n) is 10.6. The second-order valence-corrected chi connectivity index (χ2v) is 10.6. The highest BCUT2D eigenvalue weighted by atomic mass is 16.6. The maximum atomic E-state index is 12.1. The van der Waals surface area contributed by atoms with Crippen molar-refractivity contribution < 1.29 is 24.2 Å². The average Bonchev–Trinajstić information content (AvgIpc) is 2.99. The summed E-state index contributed by atoms with van der Waals surface area (Å²) in [6, 6.07) is 0. The van der Waals surface area contributed by atoms with Crippen LogP contribution in [0.2, 0.25) is 0 Å². The molecule has 0 aliphatic rings. The summed E-state index contributed by atoms with van der Waals surface area (Å²) < 4.78 is 10.5. The van der Waals surface area contributed by atoms with Crippen LogP contribution >= 0.6 is 0 Å². The van der Waals surface area contributed by atoms with E-state index in [-0.39, 0.29) is 31.6 Å². The van der Waals surface area contributed by atoms with E-state index in [0.717, 1.165) is 57.8 Å². The van der Waals surface area contributed by atoms with Crippen LogP contribution in [0.1, 0.15) is 129 Å². The summed E-state index contributed by atoms with van der Waals surface area (Å²) >= 11 is 0. The highest BCUT2D eigenvalue weighted by Gasteiger charge is 2.15. The molecule has 0 radical (unpaired) electrons. The van der Waals surface area contributed by atoms with E-state index in [1.165, 1.54) is 38.5 Å². The molecule has 0 saturated carbocycles. The van der Waals surface area contributed by atoms with E-state index in [1.54, 1.807) is 0 Å². The second kappa shape index (κ2) is 32.8. The lowest BCUT2D eigenvalue weighted by Gasteiger charge is -2.15. The Balaban J connectivity index is 3.75. The average molecular weight is 585 g/mol. The van der Waals surface area contributed by atoms with Crippen molar-refractivity contribution in [2.75, 3.05) is 13.2 Å². The third-order valence-electron chi connectivity index (χ3n) is 6.59. The molecule has 0 aliphatic heterocycles. The molecule has 1 N–H and O–H groups in total. The molecule has 0 spiro atoms. The Kier molecular flexibility index (Phi) is 30.8. The van der Waals surface area contributed by atoms with Crippen molar-refractivity contribution in [1.82, 2.24) is 0 Å². The Morgan fingerprint density at radius 1 is 0.595 bits per heavy atom. The SMILES string of the molecule is CC/C=C/C=C/C=C/C=C/CCCCCCCC(=O)OC(CO)COC(=O)CC/C=C/C/C=C/CCCCCCCC. The number of esters is 2. The minimum absolute atomic E-state index is 0.110. The number of unbranched alkanes of at least 4 members (excludes halogenated alkanes) is 11. The first kappa shape index (κ1) is 39.3. The van der Waals surface area contributed by atoms with Crippen molar-refractivity contribution in [3.63, 3.8) is 0 Å². The lowest BCUT2D eigenvalue weighted by atomic mass is 10.1. The number of carbonyl (C=O) groups excluding carboxylic acids is 2. The van der Waals surface area contributed by atoms with Crippen LogP contribution in [0.5, 0.6) is 0 Å². The smallest absolute Gasteiger partial charge is 0.306 e. The van der Waals surface area contributed by atoms with Crippen molar-refractivity contribution in [2.24, 2.45) is 0 Å². The van der Waals surface area contributed by atoms with Gasteiger partial charge in [0.25, 0.3) is 0 Å². The summed E-state index contributed by atoms with van der Waals surface area (Å²) in [5.41, 5.74) is 0. The molecule has 0 aromatic carbocycles. The lowest BCUT2D eigenvalue weighted by Crippen LogP contribution is -2.28. The van der Waals surface area contributed by atoms with E-state index in [4.69, 9.17) is 9.47 Å². The van der Waals surface area contributed by atoms with Gasteiger partial charge in [-0.05, 0) is 51.4 Å². The maximum absolute atomic E-state index is 12.1. The van der Waals surface area contributed by atoms with Crippen molar-refractivity contribution in [1.29, 1.82) is 0 Å². The van der Waals surface area contributed by atoms with Gasteiger partial charge in [0.1, 0.15) is 6.61 Å². The van der Waals surface area contributed by atoms with Crippen LogP contribution < -0.4 is 0 Å². The highest BCUT2D eigenvalue weighted by Crippen LogP contribution is 2.10. The third-order valence-corrected chi connectivity index (χ3v) is 6.59. The number of hydrogen-bond donors (Lipinski definition) is 1. The molecular weight excluding hydrogens is 524 g/mol. The first-order valence-electron chi connectivity index (χ1n) is 16.5. The summed E-state index contributed by atoms with van der Waals surface area (Å²) in [6.07, 6.45) is 42.5. The molecule has 0 bridgehead atoms. The van der Waals surface area contributed by atoms with Gasteiger partial charge in [0.2, 0.25) is 0 Å². The molecule has 1 unspecified atom stereocenters. The van der Waals surface area contributed by atoms with Gasteiger partial charge in [-0.25, -0.2) is 0 Å². The normalized spacial score (nSPS) is 13.1. The fourth-order valence-electron chi connectivity index (χ4n) is 4.09. The van der Waals surface area contributed by atoms with Gasteiger partial charge in [-0.3, -0.25) is 9.59 Å². The van der Waals surface area contributed by atoms with Crippen molar-refractivity contribution in [3.05, 3.63) is 72.9 Å². The molecule has 0 saturated heterocycles. The van der Waals surface area contributed by atoms with Crippen LogP contribution in [0.25, 0.3) is 0 Å². The zero-order valence-corrected chi connectivity index (χ0v) is 26.7. The topological polar surface area (TPSA) is 72.8 Å². The Labute approximate surface area is 257 Å². The largest absolute Gasteiger partial charge is 0.462 e. The first-order valence-corrected chi connectivity index (χ1v) is 16.5. The van der Waals surface area contributed by atoms with Crippen LogP contribution in [0.15, 0.2) is 72.9 Å². The Morgan fingerprint density at radius 3 is 1.83 bits per heavy atom. The van der Waals surface area contributed by atoms with Crippen LogP contribution in [0.4, 0.5) is 0 Å². The maximum Gasteiger partial charge on any atom is 0.306 e. The lowest BCUT2D eigenvalue weighted by molar-refractivity contribution is -0.161. The van der Waals surface area contributed by atoms with Gasteiger partial charge in [-0.1, -0.05) is 138 Å². The third kappa shape index (κ3) is 30.3. The molecule has 0 rings (SSSR count). The highest BCUT2D eigenvalue weighted by molar-refractivity contribution is 5.70. The van der Waals surface area contributed by atoms with Crippen LogP contribution in [0.3, 0.4) is 0 Å². The van der Waals surface area contributed by atoms with Crippen molar-refractivity contribution in [3.8, 4) is 0 Å². The minimum Gasteiger partial charge on any atom is -0.462 e. The van der Waals surface area contributed by atoms with E-state index in [9.17, 15) is 14.7 Å². The van der Waals surface area contributed by atoms with Gasteiger partial charge >= 0.3 is 11.9 Å². The van der Waals surface area contributed by atoms with Crippen LogP contribution in [0, 0.1) is 0 Å². The van der Waals surface area contributed by atoms with Gasteiger partial charge in [0, 0.05) is 12.8 Å². The fraction of sp³-hybridized carbons (Fsp3) is 0.622. The quantitative estimate of drug-likeness (QED) is 0.0429. The molecule has 0 aromatic heterocycles. The number of rotatable bonds is 28. The number of carbonyl (C=O) groups is 2. The van der Waals surface area contributed by atoms with Crippen molar-refractivity contribution in [2.45, 2.75) is 136 Å². The zero-order valence-electron chi connectivity index (χ0n) is 26.7. The van der Waals surface area contributed by atoms with E-state index in [0.29, 0.717) is 12.8 Å². The standard InChI is InChI=1S/C37H60O5/c1-3-5-7-9-11-13-15-17-18-20-22-24-26-28-30-32-37(40)42-35(33-38)34-41-36(39)31-29-27-25-23-21-19-16-14-12-10-8-6-4-2/h5,7,9,11,13,15,17-19,21,25,27,35,38H,3-4,6,8,10,12,14,16,20,22-24,26,28-34H2,1-2H3/b7-5+,11-9+,15-13+,18-17+,21-19+,27-25+. The first-order chi connectivity index (χ1) is 20.6. The molecule has 1 atom stereocenters. The molecular formula is C37H60O5. The number of allylic oxidation sites excluding steroid dienone is 12. The summed E-state index contributed by atoms with van der Waals surface area (Å²) in [4.78, 5) is 24.1. The van der Waals surface area contributed by atoms with Crippen molar-refractivity contribution >= 4 is 11.9 Å². The van der Waals surface area contributed by atoms with E-state index < -0.39 is 6.10 Å². The molecule has 0 heterocycles. The van der Waals surface area contributed by atoms with E-state index >= 15 is 0 Å². The molecule has 42 heavy (non-hydrogen) atoms. The molecule has 238 valence electrons. The molecule has 5 nitrogen and oxygen atoms in total. The van der Waals surface area contributed by atoms with Crippen LogP contribution in [-0.4, -0.2) is 36.4 Å².